The van der Waals surface area contributed by atoms with Crippen LogP contribution in [0, 0.1) is 11.8 Å². The van der Waals surface area contributed by atoms with Gasteiger partial charge in [0.1, 0.15) is 12.2 Å². The summed E-state index contributed by atoms with van der Waals surface area (Å²) in [5, 5.41) is 0. The molecule has 4 heteroatoms. The predicted molar refractivity (Wildman–Crippen MR) is 135 cm³/mol. The second-order valence-corrected chi connectivity index (χ2v) is 10.0. The molecule has 0 aromatic rings. The van der Waals surface area contributed by atoms with Gasteiger partial charge in [0.2, 0.25) is 0 Å². The molecule has 188 valence electrons. The van der Waals surface area contributed by atoms with Gasteiger partial charge in [-0.15, -0.1) is 0 Å². The molecule has 2 rings (SSSR count). The maximum atomic E-state index is 12.4. The van der Waals surface area contributed by atoms with Gasteiger partial charge in [0, 0.05) is 12.8 Å². The Labute approximate surface area is 202 Å². The Morgan fingerprint density at radius 2 is 1.21 bits per heavy atom. The predicted octanol–water partition coefficient (Wildman–Crippen LogP) is 7.85. The summed E-state index contributed by atoms with van der Waals surface area (Å²) in [7, 11) is 0. The van der Waals surface area contributed by atoms with Crippen LogP contribution in [-0.4, -0.2) is 24.1 Å². The Hall–Kier alpha value is -1.58. The summed E-state index contributed by atoms with van der Waals surface area (Å²) in [6.07, 6.45) is 25.7. The van der Waals surface area contributed by atoms with Gasteiger partial charge in [-0.3, -0.25) is 9.59 Å². The van der Waals surface area contributed by atoms with Crippen LogP contribution in [-0.2, 0) is 19.1 Å². The van der Waals surface area contributed by atoms with E-state index < -0.39 is 0 Å². The van der Waals surface area contributed by atoms with Gasteiger partial charge in [0.15, 0.2) is 0 Å². The molecular weight excluding hydrogens is 412 g/mol. The Bertz CT molecular complexity index is 557. The summed E-state index contributed by atoms with van der Waals surface area (Å²) in [6, 6.07) is 0. The van der Waals surface area contributed by atoms with Crippen LogP contribution in [0.1, 0.15) is 123 Å². The quantitative estimate of drug-likeness (QED) is 0.174. The van der Waals surface area contributed by atoms with Gasteiger partial charge in [0.05, 0.1) is 0 Å². The van der Waals surface area contributed by atoms with Crippen molar-refractivity contribution in [1.82, 2.24) is 0 Å². The number of allylic oxidation sites excluding steroid dienone is 4. The first-order valence-electron chi connectivity index (χ1n) is 13.8. The third-order valence-electron chi connectivity index (χ3n) is 7.01. The lowest BCUT2D eigenvalue weighted by molar-refractivity contribution is -0.151. The number of hydrogen-bond donors (Lipinski definition) is 0. The van der Waals surface area contributed by atoms with Crippen LogP contribution in [0.2, 0.25) is 0 Å². The van der Waals surface area contributed by atoms with E-state index in [4.69, 9.17) is 9.47 Å². The molecule has 0 fully saturated rings. The van der Waals surface area contributed by atoms with E-state index in [1.807, 2.05) is 0 Å². The van der Waals surface area contributed by atoms with E-state index in [2.05, 4.69) is 38.2 Å². The first-order chi connectivity index (χ1) is 16.1. The minimum absolute atomic E-state index is 0.00699. The fourth-order valence-electron chi connectivity index (χ4n) is 5.08. The van der Waals surface area contributed by atoms with E-state index in [-0.39, 0.29) is 24.1 Å². The SMILES string of the molecule is CCCC(CCC1C=CCCC1)OC(=O)CCCC(=O)OC(CCC)CCC1C=CCCC1. The van der Waals surface area contributed by atoms with Crippen molar-refractivity contribution in [3.63, 3.8) is 0 Å². The van der Waals surface area contributed by atoms with Gasteiger partial charge in [0.25, 0.3) is 0 Å². The molecule has 0 heterocycles. The van der Waals surface area contributed by atoms with Gasteiger partial charge >= 0.3 is 11.9 Å². The summed E-state index contributed by atoms with van der Waals surface area (Å²) in [5.41, 5.74) is 0. The van der Waals surface area contributed by atoms with Crippen molar-refractivity contribution >= 4 is 11.9 Å². The molecule has 4 atom stereocenters. The second kappa shape index (κ2) is 16.9. The van der Waals surface area contributed by atoms with Crippen molar-refractivity contribution in [3.8, 4) is 0 Å². The Balaban J connectivity index is 1.63. The minimum atomic E-state index is -0.172. The van der Waals surface area contributed by atoms with Crippen LogP contribution in [0.5, 0.6) is 0 Å². The molecular formula is C29H48O4. The van der Waals surface area contributed by atoms with Crippen LogP contribution in [0.3, 0.4) is 0 Å². The number of ether oxygens (including phenoxy) is 2. The highest BCUT2D eigenvalue weighted by atomic mass is 16.5. The summed E-state index contributed by atoms with van der Waals surface area (Å²) in [4.78, 5) is 24.7. The highest BCUT2D eigenvalue weighted by Crippen LogP contribution is 2.25. The maximum Gasteiger partial charge on any atom is 0.306 e. The number of carbonyl (C=O) groups is 2. The largest absolute Gasteiger partial charge is 0.462 e. The van der Waals surface area contributed by atoms with E-state index in [9.17, 15) is 9.59 Å². The van der Waals surface area contributed by atoms with Crippen molar-refractivity contribution < 1.29 is 19.1 Å². The Kier molecular flexibility index (Phi) is 14.2. The van der Waals surface area contributed by atoms with Gasteiger partial charge < -0.3 is 9.47 Å². The van der Waals surface area contributed by atoms with Gasteiger partial charge in [-0.05, 0) is 95.3 Å². The fraction of sp³-hybridized carbons (Fsp3) is 0.793. The molecule has 0 aromatic carbocycles. The van der Waals surface area contributed by atoms with Crippen molar-refractivity contribution in [2.45, 2.75) is 135 Å². The molecule has 0 aliphatic heterocycles. The zero-order chi connectivity index (χ0) is 23.7. The monoisotopic (exact) mass is 460 g/mol. The highest BCUT2D eigenvalue weighted by Gasteiger charge is 2.19. The molecule has 0 saturated heterocycles. The van der Waals surface area contributed by atoms with Gasteiger partial charge in [-0.1, -0.05) is 51.0 Å². The lowest BCUT2D eigenvalue weighted by atomic mass is 9.90. The molecule has 4 unspecified atom stereocenters. The molecule has 0 amide bonds. The molecule has 0 saturated carbocycles. The van der Waals surface area contributed by atoms with Crippen LogP contribution in [0.4, 0.5) is 0 Å². The van der Waals surface area contributed by atoms with Crippen LogP contribution in [0.15, 0.2) is 24.3 Å². The van der Waals surface area contributed by atoms with E-state index in [1.165, 1.54) is 38.5 Å². The lowest BCUT2D eigenvalue weighted by Crippen LogP contribution is -2.21. The smallest absolute Gasteiger partial charge is 0.306 e. The van der Waals surface area contributed by atoms with Gasteiger partial charge in [-0.2, -0.15) is 0 Å². The van der Waals surface area contributed by atoms with Crippen molar-refractivity contribution in [2.75, 3.05) is 0 Å². The maximum absolute atomic E-state index is 12.4. The first kappa shape index (κ1) is 27.7. The average molecular weight is 461 g/mol. The fourth-order valence-corrected chi connectivity index (χ4v) is 5.08. The lowest BCUT2D eigenvalue weighted by Gasteiger charge is -2.22. The molecule has 4 nitrogen and oxygen atoms in total. The molecule has 2 aliphatic rings. The molecule has 0 N–H and O–H groups in total. The molecule has 0 bridgehead atoms. The summed E-state index contributed by atoms with van der Waals surface area (Å²) in [5.74, 6) is 0.929. The topological polar surface area (TPSA) is 52.6 Å². The number of esters is 2. The van der Waals surface area contributed by atoms with Crippen molar-refractivity contribution in [2.24, 2.45) is 11.8 Å². The van der Waals surface area contributed by atoms with Crippen molar-refractivity contribution in [3.05, 3.63) is 24.3 Å². The zero-order valence-corrected chi connectivity index (χ0v) is 21.3. The molecule has 33 heavy (non-hydrogen) atoms. The van der Waals surface area contributed by atoms with Crippen LogP contribution < -0.4 is 0 Å². The first-order valence-corrected chi connectivity index (χ1v) is 13.8. The van der Waals surface area contributed by atoms with E-state index >= 15 is 0 Å². The Morgan fingerprint density at radius 3 is 1.58 bits per heavy atom. The number of rotatable bonds is 16. The minimum Gasteiger partial charge on any atom is -0.462 e. The summed E-state index contributed by atoms with van der Waals surface area (Å²) < 4.78 is 11.5. The van der Waals surface area contributed by atoms with Crippen LogP contribution >= 0.6 is 0 Å². The van der Waals surface area contributed by atoms with E-state index in [1.54, 1.807) is 0 Å². The van der Waals surface area contributed by atoms with E-state index in [0.29, 0.717) is 31.1 Å². The molecule has 0 aromatic heterocycles. The van der Waals surface area contributed by atoms with Crippen molar-refractivity contribution in [1.29, 1.82) is 0 Å². The third-order valence-corrected chi connectivity index (χ3v) is 7.01. The third kappa shape index (κ3) is 12.5. The summed E-state index contributed by atoms with van der Waals surface area (Å²) >= 11 is 0. The van der Waals surface area contributed by atoms with E-state index in [0.717, 1.165) is 51.4 Å². The standard InChI is InChI=1S/C29H48O4/c1-3-12-26(22-20-24-14-7-5-8-15-24)32-28(30)18-11-19-29(31)33-27(13-4-2)23-21-25-16-9-6-10-17-25/h7,9,14,16,24-27H,3-6,8,10-13,15,17-23H2,1-2H3. The molecule has 0 radical (unpaired) electrons. The Morgan fingerprint density at radius 1 is 0.758 bits per heavy atom. The van der Waals surface area contributed by atoms with Crippen LogP contribution in [0.25, 0.3) is 0 Å². The zero-order valence-electron chi connectivity index (χ0n) is 21.3. The molecule has 0 spiro atoms. The average Bonchev–Trinajstić information content (AvgIpc) is 2.82. The second-order valence-electron chi connectivity index (χ2n) is 10.0. The molecule has 2 aliphatic carbocycles. The number of carbonyl (C=O) groups excluding carboxylic acids is 2. The van der Waals surface area contributed by atoms with Gasteiger partial charge in [-0.25, -0.2) is 0 Å². The highest BCUT2D eigenvalue weighted by molar-refractivity contribution is 5.72. The summed E-state index contributed by atoms with van der Waals surface area (Å²) in [6.45, 7) is 4.27. The number of hydrogen-bond acceptors (Lipinski definition) is 4. The normalized spacial score (nSPS) is 22.0.